The van der Waals surface area contributed by atoms with Gasteiger partial charge in [0.25, 0.3) is 5.91 Å². The Bertz CT molecular complexity index is 1250. The van der Waals surface area contributed by atoms with Crippen LogP contribution in [0.2, 0.25) is 5.02 Å². The summed E-state index contributed by atoms with van der Waals surface area (Å²) in [6.45, 7) is 3.24. The molecule has 1 saturated heterocycles. The number of aryl methyl sites for hydroxylation is 1. The normalized spacial score (nSPS) is 16.4. The van der Waals surface area contributed by atoms with Gasteiger partial charge in [-0.25, -0.2) is 4.98 Å². The van der Waals surface area contributed by atoms with Gasteiger partial charge in [-0.2, -0.15) is 0 Å². The summed E-state index contributed by atoms with van der Waals surface area (Å²) < 4.78 is 6.82. The fourth-order valence-electron chi connectivity index (χ4n) is 3.98. The van der Waals surface area contributed by atoms with Crippen LogP contribution in [0.4, 0.5) is 5.13 Å². The second-order valence-electron chi connectivity index (χ2n) is 7.68. The highest BCUT2D eigenvalue weighted by atomic mass is 35.5. The monoisotopic (exact) mass is 436 g/mol. The van der Waals surface area contributed by atoms with Gasteiger partial charge in [-0.3, -0.25) is 9.69 Å². The van der Waals surface area contributed by atoms with Gasteiger partial charge in [0, 0.05) is 17.2 Å². The van der Waals surface area contributed by atoms with Crippen LogP contribution in [0.5, 0.6) is 0 Å². The molecule has 152 valence electrons. The van der Waals surface area contributed by atoms with E-state index in [0.717, 1.165) is 46.0 Å². The number of anilines is 1. The van der Waals surface area contributed by atoms with Crippen LogP contribution >= 0.6 is 22.9 Å². The van der Waals surface area contributed by atoms with Gasteiger partial charge in [0.05, 0.1) is 22.9 Å². The number of ether oxygens (including phenoxy) is 1. The quantitative estimate of drug-likeness (QED) is 0.380. The Kier molecular flexibility index (Phi) is 5.19. The molecule has 30 heavy (non-hydrogen) atoms. The van der Waals surface area contributed by atoms with Crippen molar-refractivity contribution in [3.63, 3.8) is 0 Å². The number of nitrogens with zero attached hydrogens (tertiary/aromatic N) is 2. The third kappa shape index (κ3) is 3.69. The number of amides is 1. The predicted molar refractivity (Wildman–Crippen MR) is 124 cm³/mol. The highest BCUT2D eigenvalue weighted by Crippen LogP contribution is 2.34. The molecular formula is C24H21ClN2O2S. The average molecular weight is 437 g/mol. The van der Waals surface area contributed by atoms with Crippen molar-refractivity contribution >= 4 is 55.0 Å². The summed E-state index contributed by atoms with van der Waals surface area (Å²) in [4.78, 5) is 20.2. The van der Waals surface area contributed by atoms with Crippen LogP contribution < -0.4 is 4.90 Å². The maximum Gasteiger partial charge on any atom is 0.260 e. The van der Waals surface area contributed by atoms with Gasteiger partial charge < -0.3 is 4.74 Å². The number of aromatic nitrogens is 1. The molecule has 0 radical (unpaired) electrons. The van der Waals surface area contributed by atoms with Crippen LogP contribution in [0.15, 0.2) is 54.6 Å². The van der Waals surface area contributed by atoms with E-state index in [1.165, 1.54) is 11.3 Å². The van der Waals surface area contributed by atoms with Crippen LogP contribution in [-0.2, 0) is 4.74 Å². The van der Waals surface area contributed by atoms with Crippen molar-refractivity contribution in [2.24, 2.45) is 0 Å². The van der Waals surface area contributed by atoms with Crippen LogP contribution in [0.1, 0.15) is 28.8 Å². The summed E-state index contributed by atoms with van der Waals surface area (Å²) in [5, 5.41) is 3.53. The molecule has 1 aliphatic heterocycles. The van der Waals surface area contributed by atoms with E-state index in [2.05, 4.69) is 0 Å². The molecule has 1 atom stereocenters. The molecule has 1 aromatic heterocycles. The molecule has 5 rings (SSSR count). The van der Waals surface area contributed by atoms with Crippen molar-refractivity contribution in [2.75, 3.05) is 18.1 Å². The second-order valence-corrected chi connectivity index (χ2v) is 9.12. The summed E-state index contributed by atoms with van der Waals surface area (Å²) >= 11 is 7.74. The Morgan fingerprint density at radius 1 is 1.20 bits per heavy atom. The molecule has 4 nitrogen and oxygen atoms in total. The van der Waals surface area contributed by atoms with Crippen molar-refractivity contribution in [1.82, 2.24) is 4.98 Å². The number of carbonyl (C=O) groups is 1. The van der Waals surface area contributed by atoms with E-state index in [1.54, 1.807) is 4.90 Å². The number of fused-ring (bicyclic) bond motifs is 2. The minimum Gasteiger partial charge on any atom is -0.376 e. The summed E-state index contributed by atoms with van der Waals surface area (Å²) in [5.41, 5.74) is 2.55. The first-order valence-electron chi connectivity index (χ1n) is 10.1. The summed E-state index contributed by atoms with van der Waals surface area (Å²) in [6.07, 6.45) is 2.01. The van der Waals surface area contributed by atoms with E-state index < -0.39 is 0 Å². The molecule has 1 fully saturated rings. The summed E-state index contributed by atoms with van der Waals surface area (Å²) in [5.74, 6) is -0.0564. The lowest BCUT2D eigenvalue weighted by Crippen LogP contribution is -2.37. The molecule has 0 spiro atoms. The number of hydrogen-bond acceptors (Lipinski definition) is 4. The van der Waals surface area contributed by atoms with Crippen molar-refractivity contribution in [2.45, 2.75) is 25.9 Å². The lowest BCUT2D eigenvalue weighted by atomic mass is 10.1. The molecule has 0 saturated carbocycles. The van der Waals surface area contributed by atoms with Crippen LogP contribution in [-0.4, -0.2) is 30.1 Å². The lowest BCUT2D eigenvalue weighted by Gasteiger charge is -2.23. The first kappa shape index (κ1) is 19.5. The van der Waals surface area contributed by atoms with Crippen LogP contribution in [0.25, 0.3) is 21.0 Å². The lowest BCUT2D eigenvalue weighted by molar-refractivity contribution is 0.0917. The standard InChI is InChI=1S/C24H21ClN2O2S/c1-15-11-19(25)13-21-22(15)26-24(30-21)27(14-20-7-4-10-29-20)23(28)18-9-8-16-5-2-3-6-17(16)12-18/h2-3,5-6,8-9,11-13,20H,4,7,10,14H2,1H3. The number of thiazole rings is 1. The fourth-order valence-corrected chi connectivity index (χ4v) is 5.40. The van der Waals surface area contributed by atoms with Gasteiger partial charge in [-0.05, 0) is 60.4 Å². The predicted octanol–water partition coefficient (Wildman–Crippen LogP) is 6.24. The van der Waals surface area contributed by atoms with Crippen molar-refractivity contribution in [3.05, 3.63) is 70.7 Å². The van der Waals surface area contributed by atoms with Gasteiger partial charge in [0.1, 0.15) is 0 Å². The summed E-state index contributed by atoms with van der Waals surface area (Å²) in [6, 6.07) is 17.7. The number of halogens is 1. The first-order valence-corrected chi connectivity index (χ1v) is 11.3. The van der Waals surface area contributed by atoms with Gasteiger partial charge in [-0.1, -0.05) is 53.3 Å². The van der Waals surface area contributed by atoms with Crippen LogP contribution in [0.3, 0.4) is 0 Å². The number of carbonyl (C=O) groups excluding carboxylic acids is 1. The first-order chi connectivity index (χ1) is 14.6. The topological polar surface area (TPSA) is 42.4 Å². The maximum absolute atomic E-state index is 13.6. The van der Waals surface area contributed by atoms with E-state index in [0.29, 0.717) is 22.3 Å². The zero-order valence-electron chi connectivity index (χ0n) is 16.6. The molecule has 4 aromatic rings. The second kappa shape index (κ2) is 7.99. The van der Waals surface area contributed by atoms with Gasteiger partial charge in [0.2, 0.25) is 0 Å². The molecule has 0 aliphatic carbocycles. The maximum atomic E-state index is 13.6. The van der Waals surface area contributed by atoms with Crippen molar-refractivity contribution in [1.29, 1.82) is 0 Å². The van der Waals surface area contributed by atoms with Crippen molar-refractivity contribution in [3.8, 4) is 0 Å². The zero-order valence-corrected chi connectivity index (χ0v) is 18.2. The Labute approximate surface area is 184 Å². The number of benzene rings is 3. The highest BCUT2D eigenvalue weighted by Gasteiger charge is 2.27. The van der Waals surface area contributed by atoms with Gasteiger partial charge >= 0.3 is 0 Å². The minimum atomic E-state index is -0.0564. The van der Waals surface area contributed by atoms with Gasteiger partial charge in [0.15, 0.2) is 5.13 Å². The molecule has 0 bridgehead atoms. The Balaban J connectivity index is 1.57. The number of hydrogen-bond donors (Lipinski definition) is 0. The summed E-state index contributed by atoms with van der Waals surface area (Å²) in [7, 11) is 0. The van der Waals surface area contributed by atoms with Gasteiger partial charge in [-0.15, -0.1) is 0 Å². The zero-order chi connectivity index (χ0) is 20.7. The molecular weight excluding hydrogens is 416 g/mol. The smallest absolute Gasteiger partial charge is 0.260 e. The molecule has 2 heterocycles. The number of rotatable bonds is 4. The average Bonchev–Trinajstić information content (AvgIpc) is 3.41. The Morgan fingerprint density at radius 3 is 2.83 bits per heavy atom. The molecule has 1 unspecified atom stereocenters. The fraction of sp³-hybridized carbons (Fsp3) is 0.250. The molecule has 3 aromatic carbocycles. The third-order valence-corrected chi connectivity index (χ3v) is 6.77. The van der Waals surface area contributed by atoms with E-state index in [9.17, 15) is 4.79 Å². The SMILES string of the molecule is Cc1cc(Cl)cc2sc(N(CC3CCCO3)C(=O)c3ccc4ccccc4c3)nc12. The third-order valence-electron chi connectivity index (χ3n) is 5.52. The largest absolute Gasteiger partial charge is 0.376 e. The van der Waals surface area contributed by atoms with E-state index >= 15 is 0 Å². The van der Waals surface area contributed by atoms with Crippen molar-refractivity contribution < 1.29 is 9.53 Å². The van der Waals surface area contributed by atoms with Crippen LogP contribution in [0, 0.1) is 6.92 Å². The Morgan fingerprint density at radius 2 is 2.03 bits per heavy atom. The molecule has 0 N–H and O–H groups in total. The van der Waals surface area contributed by atoms with E-state index in [4.69, 9.17) is 21.3 Å². The Hall–Kier alpha value is -2.47. The molecule has 6 heteroatoms. The minimum absolute atomic E-state index is 0.0334. The van der Waals surface area contributed by atoms with E-state index in [1.807, 2.05) is 61.5 Å². The van der Waals surface area contributed by atoms with E-state index in [-0.39, 0.29) is 12.0 Å². The molecule has 1 amide bonds. The highest BCUT2D eigenvalue weighted by molar-refractivity contribution is 7.22. The molecule has 1 aliphatic rings.